The molecule has 0 heterocycles. The molecule has 0 saturated carbocycles. The topological polar surface area (TPSA) is 78.6 Å². The Morgan fingerprint density at radius 1 is 0.857 bits per heavy atom. The molecule has 2 aromatic rings. The van der Waals surface area contributed by atoms with Gasteiger partial charge in [0.05, 0.1) is 19.4 Å². The molecule has 0 amide bonds. The summed E-state index contributed by atoms with van der Waals surface area (Å²) in [6.45, 7) is 6.03. The van der Waals surface area contributed by atoms with Crippen molar-refractivity contribution in [2.45, 2.75) is 38.9 Å². The maximum Gasteiger partial charge on any atom is 0.330 e. The van der Waals surface area contributed by atoms with E-state index in [-0.39, 0.29) is 17.9 Å². The number of benzene rings is 2. The molecular weight excluding hydrogens is 392 g/mol. The molecule has 28 heavy (non-hydrogen) atoms. The first kappa shape index (κ1) is 23.1. The molecule has 0 spiro atoms. The Hall–Kier alpha value is -1.22. The van der Waals surface area contributed by atoms with Gasteiger partial charge in [-0.2, -0.15) is 0 Å². The number of rotatable bonds is 11. The molecule has 0 aliphatic rings. The van der Waals surface area contributed by atoms with Crippen LogP contribution in [0.4, 0.5) is 0 Å². The number of hydrogen-bond acceptors (Lipinski definition) is 5. The lowest BCUT2D eigenvalue weighted by molar-refractivity contribution is 0.219. The Kier molecular flexibility index (Phi) is 8.67. The average molecular weight is 423 g/mol. The Balaban J connectivity index is 2.46. The minimum absolute atomic E-state index is 0.185. The first-order valence-corrected chi connectivity index (χ1v) is 13.2. The van der Waals surface area contributed by atoms with E-state index in [9.17, 15) is 9.13 Å². The Morgan fingerprint density at radius 2 is 1.29 bits per heavy atom. The fraction of sp³-hybridized carbons (Fsp3) is 0.429. The zero-order valence-electron chi connectivity index (χ0n) is 16.9. The van der Waals surface area contributed by atoms with Crippen molar-refractivity contribution in [2.24, 2.45) is 5.73 Å². The average Bonchev–Trinajstić information content (AvgIpc) is 2.69. The van der Waals surface area contributed by atoms with Crippen molar-refractivity contribution in [2.75, 3.05) is 19.4 Å². The van der Waals surface area contributed by atoms with E-state index in [1.807, 2.05) is 67.6 Å². The lowest BCUT2D eigenvalue weighted by Crippen LogP contribution is -2.38. The van der Waals surface area contributed by atoms with Gasteiger partial charge in [-0.05, 0) is 27.2 Å². The first-order valence-electron chi connectivity index (χ1n) is 9.72. The maximum atomic E-state index is 14.5. The summed E-state index contributed by atoms with van der Waals surface area (Å²) in [6, 6.07) is 18.5. The van der Waals surface area contributed by atoms with Gasteiger partial charge in [-0.25, -0.2) is 0 Å². The van der Waals surface area contributed by atoms with Crippen LogP contribution in [0, 0.1) is 0 Å². The SMILES string of the molecule is CCOP(=O)(CCC(C(C)N)P(=O)(c1ccccc1)c1ccccc1)OCC. The summed E-state index contributed by atoms with van der Waals surface area (Å²) < 4.78 is 38.4. The molecule has 2 N–H and O–H groups in total. The van der Waals surface area contributed by atoms with Crippen LogP contribution >= 0.6 is 14.7 Å². The molecule has 2 atom stereocenters. The summed E-state index contributed by atoms with van der Waals surface area (Å²) in [7, 11) is -6.31. The fourth-order valence-electron chi connectivity index (χ4n) is 3.46. The minimum atomic E-state index is -3.24. The molecule has 154 valence electrons. The molecule has 5 nitrogen and oxygen atoms in total. The highest BCUT2D eigenvalue weighted by molar-refractivity contribution is 7.79. The standard InChI is InChI=1S/C21H31NO4P2/c1-4-25-27(23,26-5-2)17-16-21(18(3)22)28(24,19-12-8-6-9-13-19)20-14-10-7-11-15-20/h6-15,18,21H,4-5,16-17,22H2,1-3H3. The van der Waals surface area contributed by atoms with Gasteiger partial charge in [-0.15, -0.1) is 0 Å². The van der Waals surface area contributed by atoms with Gasteiger partial charge in [0.15, 0.2) is 0 Å². The molecule has 0 aromatic heterocycles. The van der Waals surface area contributed by atoms with Crippen LogP contribution in [-0.2, 0) is 18.2 Å². The molecule has 2 unspecified atom stereocenters. The first-order chi connectivity index (χ1) is 13.4. The van der Waals surface area contributed by atoms with E-state index in [0.717, 1.165) is 10.6 Å². The van der Waals surface area contributed by atoms with E-state index < -0.39 is 14.7 Å². The molecule has 0 fully saturated rings. The summed E-state index contributed by atoms with van der Waals surface area (Å²) in [4.78, 5) is 0. The van der Waals surface area contributed by atoms with Gasteiger partial charge < -0.3 is 19.3 Å². The van der Waals surface area contributed by atoms with Crippen molar-refractivity contribution in [1.82, 2.24) is 0 Å². The zero-order valence-corrected chi connectivity index (χ0v) is 18.7. The van der Waals surface area contributed by atoms with Crippen LogP contribution in [-0.4, -0.2) is 31.1 Å². The van der Waals surface area contributed by atoms with Crippen molar-refractivity contribution in [3.05, 3.63) is 60.7 Å². The molecule has 0 bridgehead atoms. The van der Waals surface area contributed by atoms with Crippen LogP contribution < -0.4 is 16.3 Å². The molecule has 7 heteroatoms. The molecule has 0 saturated heterocycles. The third kappa shape index (κ3) is 5.43. The number of nitrogens with two attached hydrogens (primary N) is 1. The number of hydrogen-bond donors (Lipinski definition) is 1. The highest BCUT2D eigenvalue weighted by Crippen LogP contribution is 2.55. The maximum absolute atomic E-state index is 14.5. The van der Waals surface area contributed by atoms with Crippen LogP contribution in [0.1, 0.15) is 27.2 Å². The van der Waals surface area contributed by atoms with E-state index in [4.69, 9.17) is 14.8 Å². The van der Waals surface area contributed by atoms with Crippen molar-refractivity contribution < 1.29 is 18.2 Å². The quantitative estimate of drug-likeness (QED) is 0.543. The van der Waals surface area contributed by atoms with Crippen molar-refractivity contribution >= 4 is 25.3 Å². The van der Waals surface area contributed by atoms with E-state index in [1.165, 1.54) is 0 Å². The van der Waals surface area contributed by atoms with Crippen molar-refractivity contribution in [3.63, 3.8) is 0 Å². The second-order valence-electron chi connectivity index (χ2n) is 6.71. The van der Waals surface area contributed by atoms with E-state index in [1.54, 1.807) is 13.8 Å². The lowest BCUT2D eigenvalue weighted by atomic mass is 10.2. The van der Waals surface area contributed by atoms with Gasteiger partial charge in [0.25, 0.3) is 0 Å². The monoisotopic (exact) mass is 423 g/mol. The second kappa shape index (κ2) is 10.5. The van der Waals surface area contributed by atoms with E-state index in [2.05, 4.69) is 0 Å². The third-order valence-corrected chi connectivity index (χ3v) is 10.6. The Morgan fingerprint density at radius 3 is 1.64 bits per heavy atom. The van der Waals surface area contributed by atoms with Crippen molar-refractivity contribution in [3.8, 4) is 0 Å². The van der Waals surface area contributed by atoms with Crippen LogP contribution in [0.15, 0.2) is 60.7 Å². The van der Waals surface area contributed by atoms with Gasteiger partial charge in [0.2, 0.25) is 0 Å². The zero-order chi connectivity index (χ0) is 20.6. The minimum Gasteiger partial charge on any atom is -0.327 e. The van der Waals surface area contributed by atoms with E-state index in [0.29, 0.717) is 19.6 Å². The second-order valence-corrected chi connectivity index (χ2v) is 11.9. The van der Waals surface area contributed by atoms with E-state index >= 15 is 0 Å². The normalized spacial score (nSPS) is 14.6. The molecular formula is C21H31NO4P2. The lowest BCUT2D eigenvalue weighted by Gasteiger charge is -2.32. The van der Waals surface area contributed by atoms with Gasteiger partial charge in [-0.1, -0.05) is 60.7 Å². The Labute approximate surface area is 168 Å². The predicted molar refractivity (Wildman–Crippen MR) is 118 cm³/mol. The summed E-state index contributed by atoms with van der Waals surface area (Å²) in [5.74, 6) is 0. The highest BCUT2D eigenvalue weighted by Gasteiger charge is 2.40. The van der Waals surface area contributed by atoms with Crippen LogP contribution in [0.25, 0.3) is 0 Å². The van der Waals surface area contributed by atoms with Gasteiger partial charge in [-0.3, -0.25) is 4.57 Å². The van der Waals surface area contributed by atoms with Gasteiger partial charge in [0, 0.05) is 22.3 Å². The van der Waals surface area contributed by atoms with Gasteiger partial charge >= 0.3 is 7.60 Å². The van der Waals surface area contributed by atoms with Crippen molar-refractivity contribution in [1.29, 1.82) is 0 Å². The summed E-state index contributed by atoms with van der Waals surface area (Å²) in [5.41, 5.74) is 5.95. The van der Waals surface area contributed by atoms with Crippen LogP contribution in [0.3, 0.4) is 0 Å². The molecule has 0 aliphatic carbocycles. The molecule has 0 aliphatic heterocycles. The highest BCUT2D eigenvalue weighted by atomic mass is 31.2. The smallest absolute Gasteiger partial charge is 0.327 e. The summed E-state index contributed by atoms with van der Waals surface area (Å²) in [5, 5.41) is 1.51. The molecule has 2 rings (SSSR count). The summed E-state index contributed by atoms with van der Waals surface area (Å²) in [6.07, 6.45) is 0.570. The largest absolute Gasteiger partial charge is 0.330 e. The van der Waals surface area contributed by atoms with Gasteiger partial charge in [0.1, 0.15) is 7.14 Å². The third-order valence-electron chi connectivity index (χ3n) is 4.70. The van der Waals surface area contributed by atoms with Crippen LogP contribution in [0.5, 0.6) is 0 Å². The molecule has 2 aromatic carbocycles. The summed E-state index contributed by atoms with van der Waals surface area (Å²) >= 11 is 0. The molecule has 0 radical (unpaired) electrons. The Bertz CT molecular complexity index is 758. The van der Waals surface area contributed by atoms with Crippen LogP contribution in [0.2, 0.25) is 0 Å². The predicted octanol–water partition coefficient (Wildman–Crippen LogP) is 4.37. The fourth-order valence-corrected chi connectivity index (χ4v) is 8.82.